The summed E-state index contributed by atoms with van der Waals surface area (Å²) in [6.07, 6.45) is 8.31. The van der Waals surface area contributed by atoms with Crippen LogP contribution in [0.3, 0.4) is 0 Å². The van der Waals surface area contributed by atoms with E-state index in [-0.39, 0.29) is 5.54 Å². The first-order valence-electron chi connectivity index (χ1n) is 5.60. The first-order valence-corrected chi connectivity index (χ1v) is 5.60. The van der Waals surface area contributed by atoms with Crippen LogP contribution >= 0.6 is 0 Å². The van der Waals surface area contributed by atoms with Crippen molar-refractivity contribution in [3.63, 3.8) is 0 Å². The zero-order chi connectivity index (χ0) is 9.73. The van der Waals surface area contributed by atoms with Gasteiger partial charge in [-0.15, -0.1) is 0 Å². The fourth-order valence-electron chi connectivity index (χ4n) is 1.89. The van der Waals surface area contributed by atoms with Gasteiger partial charge in [0.15, 0.2) is 0 Å². The normalized spacial score (nSPS) is 21.5. The van der Waals surface area contributed by atoms with Crippen LogP contribution < -0.4 is 11.1 Å². The van der Waals surface area contributed by atoms with Gasteiger partial charge in [0, 0.05) is 18.1 Å². The van der Waals surface area contributed by atoms with Crippen LogP contribution in [-0.2, 0) is 0 Å². The molecule has 2 heteroatoms. The molecule has 3 N–H and O–H groups in total. The molecule has 1 aliphatic rings. The van der Waals surface area contributed by atoms with Crippen molar-refractivity contribution in [3.05, 3.63) is 0 Å². The quantitative estimate of drug-likeness (QED) is 0.659. The number of rotatable bonds is 3. The summed E-state index contributed by atoms with van der Waals surface area (Å²) in [6, 6.07) is 0.727. The molecule has 0 amide bonds. The van der Waals surface area contributed by atoms with Crippen LogP contribution in [0.15, 0.2) is 0 Å². The van der Waals surface area contributed by atoms with Gasteiger partial charge in [0.2, 0.25) is 0 Å². The Morgan fingerprint density at radius 2 is 1.69 bits per heavy atom. The fourth-order valence-corrected chi connectivity index (χ4v) is 1.89. The van der Waals surface area contributed by atoms with Crippen LogP contribution in [0.1, 0.15) is 52.4 Å². The molecule has 78 valence electrons. The second-order valence-corrected chi connectivity index (χ2v) is 5.06. The lowest BCUT2D eigenvalue weighted by atomic mass is 10.0. The molecule has 1 saturated carbocycles. The van der Waals surface area contributed by atoms with Crippen LogP contribution in [0.5, 0.6) is 0 Å². The highest BCUT2D eigenvalue weighted by molar-refractivity contribution is 4.79. The van der Waals surface area contributed by atoms with Crippen molar-refractivity contribution < 1.29 is 0 Å². The van der Waals surface area contributed by atoms with Crippen molar-refractivity contribution in [1.82, 2.24) is 5.32 Å². The monoisotopic (exact) mass is 184 g/mol. The van der Waals surface area contributed by atoms with E-state index in [0.29, 0.717) is 0 Å². The zero-order valence-corrected chi connectivity index (χ0v) is 9.10. The first kappa shape index (κ1) is 11.0. The molecule has 0 saturated heterocycles. The summed E-state index contributed by atoms with van der Waals surface area (Å²) in [5.41, 5.74) is 5.87. The molecule has 0 aromatic carbocycles. The Hall–Kier alpha value is -0.0800. The molecular formula is C11H24N2. The summed E-state index contributed by atoms with van der Waals surface area (Å²) in [7, 11) is 0. The molecule has 2 nitrogen and oxygen atoms in total. The zero-order valence-electron chi connectivity index (χ0n) is 9.10. The van der Waals surface area contributed by atoms with Crippen molar-refractivity contribution in [3.8, 4) is 0 Å². The van der Waals surface area contributed by atoms with Gasteiger partial charge >= 0.3 is 0 Å². The second kappa shape index (κ2) is 4.97. The molecule has 0 unspecified atom stereocenters. The Labute approximate surface area is 82.3 Å². The maximum absolute atomic E-state index is 5.93. The summed E-state index contributed by atoms with van der Waals surface area (Å²) in [5.74, 6) is 0. The average molecular weight is 184 g/mol. The van der Waals surface area contributed by atoms with Crippen molar-refractivity contribution in [2.75, 3.05) is 6.54 Å². The smallest absolute Gasteiger partial charge is 0.0223 e. The lowest BCUT2D eigenvalue weighted by Crippen LogP contribution is -2.46. The van der Waals surface area contributed by atoms with E-state index in [0.717, 1.165) is 12.6 Å². The van der Waals surface area contributed by atoms with Gasteiger partial charge in [-0.1, -0.05) is 25.7 Å². The SMILES string of the molecule is CC(C)(N)CNC1CCCCCC1. The number of hydrogen-bond donors (Lipinski definition) is 2. The van der Waals surface area contributed by atoms with Crippen LogP contribution in [0.4, 0.5) is 0 Å². The number of hydrogen-bond acceptors (Lipinski definition) is 2. The van der Waals surface area contributed by atoms with Crippen LogP contribution in [0.25, 0.3) is 0 Å². The van der Waals surface area contributed by atoms with Crippen molar-refractivity contribution >= 4 is 0 Å². The summed E-state index contributed by atoms with van der Waals surface area (Å²) in [4.78, 5) is 0. The largest absolute Gasteiger partial charge is 0.324 e. The fraction of sp³-hybridized carbons (Fsp3) is 1.00. The molecule has 0 aromatic heterocycles. The van der Waals surface area contributed by atoms with Crippen molar-refractivity contribution in [1.29, 1.82) is 0 Å². The van der Waals surface area contributed by atoms with Gasteiger partial charge in [-0.05, 0) is 26.7 Å². The van der Waals surface area contributed by atoms with E-state index in [1.807, 2.05) is 0 Å². The van der Waals surface area contributed by atoms with E-state index in [4.69, 9.17) is 5.73 Å². The lowest BCUT2D eigenvalue weighted by Gasteiger charge is -2.24. The Kier molecular flexibility index (Phi) is 4.20. The maximum Gasteiger partial charge on any atom is 0.0223 e. The van der Waals surface area contributed by atoms with E-state index in [9.17, 15) is 0 Å². The molecule has 0 heterocycles. The van der Waals surface area contributed by atoms with Gasteiger partial charge in [0.05, 0.1) is 0 Å². The van der Waals surface area contributed by atoms with E-state index in [1.54, 1.807) is 0 Å². The summed E-state index contributed by atoms with van der Waals surface area (Å²) in [5, 5.41) is 3.58. The van der Waals surface area contributed by atoms with E-state index >= 15 is 0 Å². The summed E-state index contributed by atoms with van der Waals surface area (Å²) >= 11 is 0. The highest BCUT2D eigenvalue weighted by atomic mass is 15.0. The minimum Gasteiger partial charge on any atom is -0.324 e. The summed E-state index contributed by atoms with van der Waals surface area (Å²) in [6.45, 7) is 5.10. The van der Waals surface area contributed by atoms with Crippen LogP contribution in [0.2, 0.25) is 0 Å². The molecule has 0 atom stereocenters. The first-order chi connectivity index (χ1) is 6.08. The van der Waals surface area contributed by atoms with E-state index < -0.39 is 0 Å². The summed E-state index contributed by atoms with van der Waals surface area (Å²) < 4.78 is 0. The predicted molar refractivity (Wildman–Crippen MR) is 57.8 cm³/mol. The van der Waals surface area contributed by atoms with Gasteiger partial charge < -0.3 is 11.1 Å². The maximum atomic E-state index is 5.93. The second-order valence-electron chi connectivity index (χ2n) is 5.06. The molecule has 0 aliphatic heterocycles. The molecule has 13 heavy (non-hydrogen) atoms. The third kappa shape index (κ3) is 5.27. The predicted octanol–water partition coefficient (Wildman–Crippen LogP) is 2.04. The highest BCUT2D eigenvalue weighted by Crippen LogP contribution is 2.17. The van der Waals surface area contributed by atoms with Crippen LogP contribution in [0, 0.1) is 0 Å². The average Bonchev–Trinajstić information content (AvgIpc) is 2.26. The van der Waals surface area contributed by atoms with Crippen molar-refractivity contribution in [2.45, 2.75) is 64.0 Å². The third-order valence-corrected chi connectivity index (χ3v) is 2.70. The molecular weight excluding hydrogens is 160 g/mol. The molecule has 1 aliphatic carbocycles. The molecule has 1 rings (SSSR count). The molecule has 1 fully saturated rings. The highest BCUT2D eigenvalue weighted by Gasteiger charge is 2.15. The van der Waals surface area contributed by atoms with E-state index in [1.165, 1.54) is 38.5 Å². The van der Waals surface area contributed by atoms with E-state index in [2.05, 4.69) is 19.2 Å². The number of nitrogens with one attached hydrogen (secondary N) is 1. The topological polar surface area (TPSA) is 38.0 Å². The number of nitrogens with two attached hydrogens (primary N) is 1. The van der Waals surface area contributed by atoms with Gasteiger partial charge in [0.1, 0.15) is 0 Å². The lowest BCUT2D eigenvalue weighted by molar-refractivity contribution is 0.392. The Bertz CT molecular complexity index is 130. The van der Waals surface area contributed by atoms with Gasteiger partial charge in [-0.3, -0.25) is 0 Å². The molecule has 0 spiro atoms. The van der Waals surface area contributed by atoms with Crippen LogP contribution in [-0.4, -0.2) is 18.1 Å². The molecule has 0 aromatic rings. The van der Waals surface area contributed by atoms with Gasteiger partial charge in [-0.25, -0.2) is 0 Å². The van der Waals surface area contributed by atoms with Gasteiger partial charge in [0.25, 0.3) is 0 Å². The Balaban J connectivity index is 2.19. The Morgan fingerprint density at radius 3 is 2.15 bits per heavy atom. The minimum absolute atomic E-state index is 0.0632. The third-order valence-electron chi connectivity index (χ3n) is 2.70. The molecule has 0 radical (unpaired) electrons. The minimum atomic E-state index is -0.0632. The van der Waals surface area contributed by atoms with Gasteiger partial charge in [-0.2, -0.15) is 0 Å². The molecule has 0 bridgehead atoms. The van der Waals surface area contributed by atoms with Crippen molar-refractivity contribution in [2.24, 2.45) is 5.73 Å². The standard InChI is InChI=1S/C11H24N2/c1-11(2,12)9-13-10-7-5-3-4-6-8-10/h10,13H,3-9,12H2,1-2H3. The Morgan fingerprint density at radius 1 is 1.15 bits per heavy atom.